The van der Waals surface area contributed by atoms with Crippen molar-refractivity contribution in [1.82, 2.24) is 5.32 Å². The minimum absolute atomic E-state index is 0.138. The highest BCUT2D eigenvalue weighted by Gasteiger charge is 2.31. The number of hydrogen-bond donors (Lipinski definition) is 1. The van der Waals surface area contributed by atoms with Gasteiger partial charge in [-0.05, 0) is 24.7 Å². The van der Waals surface area contributed by atoms with Gasteiger partial charge in [-0.3, -0.25) is 4.79 Å². The lowest BCUT2D eigenvalue weighted by atomic mass is 9.79. The molecular formula is C13H25NO3. The van der Waals surface area contributed by atoms with Crippen molar-refractivity contribution < 1.29 is 14.3 Å². The van der Waals surface area contributed by atoms with Crippen LogP contribution in [0.3, 0.4) is 0 Å². The molecule has 4 heteroatoms. The Labute approximate surface area is 104 Å². The van der Waals surface area contributed by atoms with Gasteiger partial charge in [-0.25, -0.2) is 0 Å². The molecule has 0 aliphatic heterocycles. The third-order valence-electron chi connectivity index (χ3n) is 3.66. The Bertz CT molecular complexity index is 225. The standard InChI is InChI=1S/C13H25NO3/c1-10-4-6-11(7-5-10)12(13(15)17-3)14-8-9-16-2/h10-12,14H,4-9H2,1-3H3. The van der Waals surface area contributed by atoms with Gasteiger partial charge in [0.05, 0.1) is 13.7 Å². The fourth-order valence-electron chi connectivity index (χ4n) is 2.51. The second kappa shape index (κ2) is 7.67. The van der Waals surface area contributed by atoms with Crippen LogP contribution in [0.15, 0.2) is 0 Å². The van der Waals surface area contributed by atoms with Gasteiger partial charge in [0.2, 0.25) is 0 Å². The normalized spacial score (nSPS) is 26.5. The molecule has 0 radical (unpaired) electrons. The molecule has 0 aromatic carbocycles. The molecule has 1 atom stereocenters. The van der Waals surface area contributed by atoms with Gasteiger partial charge in [-0.15, -0.1) is 0 Å². The molecule has 0 saturated heterocycles. The van der Waals surface area contributed by atoms with Crippen LogP contribution in [0.5, 0.6) is 0 Å². The van der Waals surface area contributed by atoms with Crippen molar-refractivity contribution in [2.75, 3.05) is 27.4 Å². The molecule has 1 aliphatic rings. The van der Waals surface area contributed by atoms with Gasteiger partial charge in [0, 0.05) is 13.7 Å². The van der Waals surface area contributed by atoms with E-state index in [1.165, 1.54) is 20.0 Å². The highest BCUT2D eigenvalue weighted by molar-refractivity contribution is 5.76. The highest BCUT2D eigenvalue weighted by Crippen LogP contribution is 2.30. The molecule has 1 fully saturated rings. The molecule has 4 nitrogen and oxygen atoms in total. The van der Waals surface area contributed by atoms with Gasteiger partial charge >= 0.3 is 5.97 Å². The van der Waals surface area contributed by atoms with E-state index in [-0.39, 0.29) is 12.0 Å². The number of esters is 1. The Morgan fingerprint density at radius 3 is 2.47 bits per heavy atom. The Morgan fingerprint density at radius 1 is 1.29 bits per heavy atom. The van der Waals surface area contributed by atoms with Crippen molar-refractivity contribution in [3.63, 3.8) is 0 Å². The summed E-state index contributed by atoms with van der Waals surface area (Å²) in [7, 11) is 3.12. The summed E-state index contributed by atoms with van der Waals surface area (Å²) in [6.07, 6.45) is 4.65. The van der Waals surface area contributed by atoms with E-state index in [1.54, 1.807) is 7.11 Å². The lowest BCUT2D eigenvalue weighted by Gasteiger charge is -2.31. The number of rotatable bonds is 6. The van der Waals surface area contributed by atoms with Crippen LogP contribution in [-0.2, 0) is 14.3 Å². The Balaban J connectivity index is 2.47. The summed E-state index contributed by atoms with van der Waals surface area (Å²) in [4.78, 5) is 11.8. The van der Waals surface area contributed by atoms with E-state index in [1.807, 2.05) is 0 Å². The zero-order chi connectivity index (χ0) is 12.7. The fraction of sp³-hybridized carbons (Fsp3) is 0.923. The van der Waals surface area contributed by atoms with E-state index < -0.39 is 0 Å². The van der Waals surface area contributed by atoms with Crippen LogP contribution < -0.4 is 5.32 Å². The van der Waals surface area contributed by atoms with E-state index in [4.69, 9.17) is 9.47 Å². The van der Waals surface area contributed by atoms with Crippen LogP contribution in [0.25, 0.3) is 0 Å². The molecule has 100 valence electrons. The molecule has 1 saturated carbocycles. The van der Waals surface area contributed by atoms with E-state index in [0.29, 0.717) is 19.1 Å². The third-order valence-corrected chi connectivity index (χ3v) is 3.66. The van der Waals surface area contributed by atoms with Crippen molar-refractivity contribution >= 4 is 5.97 Å². The molecule has 0 amide bonds. The summed E-state index contributed by atoms with van der Waals surface area (Å²) in [5.41, 5.74) is 0. The Kier molecular flexibility index (Phi) is 6.52. The van der Waals surface area contributed by atoms with E-state index in [2.05, 4.69) is 12.2 Å². The first-order valence-electron chi connectivity index (χ1n) is 6.49. The number of ether oxygens (including phenoxy) is 2. The minimum atomic E-state index is -0.164. The Hall–Kier alpha value is -0.610. The molecule has 0 spiro atoms. The summed E-state index contributed by atoms with van der Waals surface area (Å²) in [5.74, 6) is 1.07. The third kappa shape index (κ3) is 4.64. The first-order valence-corrected chi connectivity index (χ1v) is 6.49. The number of carbonyl (C=O) groups is 1. The van der Waals surface area contributed by atoms with E-state index in [9.17, 15) is 4.79 Å². The Morgan fingerprint density at radius 2 is 1.94 bits per heavy atom. The number of methoxy groups -OCH3 is 2. The van der Waals surface area contributed by atoms with Crippen LogP contribution in [-0.4, -0.2) is 39.4 Å². The lowest BCUT2D eigenvalue weighted by molar-refractivity contribution is -0.145. The SMILES string of the molecule is COCCNC(C(=O)OC)C1CCC(C)CC1. The molecule has 0 aromatic heterocycles. The second-order valence-electron chi connectivity index (χ2n) is 4.97. The predicted molar refractivity (Wildman–Crippen MR) is 66.8 cm³/mol. The van der Waals surface area contributed by atoms with Crippen LogP contribution >= 0.6 is 0 Å². The highest BCUT2D eigenvalue weighted by atomic mass is 16.5. The quantitative estimate of drug-likeness (QED) is 0.568. The maximum absolute atomic E-state index is 11.8. The van der Waals surface area contributed by atoms with Crippen molar-refractivity contribution in [2.45, 2.75) is 38.6 Å². The molecule has 1 unspecified atom stereocenters. The monoisotopic (exact) mass is 243 g/mol. The van der Waals surface area contributed by atoms with Gasteiger partial charge in [0.25, 0.3) is 0 Å². The number of carbonyl (C=O) groups excluding carboxylic acids is 1. The van der Waals surface area contributed by atoms with Gasteiger partial charge in [0.15, 0.2) is 0 Å². The smallest absolute Gasteiger partial charge is 0.323 e. The zero-order valence-corrected chi connectivity index (χ0v) is 11.2. The van der Waals surface area contributed by atoms with Crippen LogP contribution in [0.2, 0.25) is 0 Å². The predicted octanol–water partition coefficient (Wildman–Crippen LogP) is 1.59. The summed E-state index contributed by atoms with van der Waals surface area (Å²) in [6, 6.07) is -0.164. The zero-order valence-electron chi connectivity index (χ0n) is 11.2. The molecule has 1 rings (SSSR count). The summed E-state index contributed by atoms with van der Waals surface area (Å²) in [5, 5.41) is 3.26. The maximum Gasteiger partial charge on any atom is 0.323 e. The van der Waals surface area contributed by atoms with Gasteiger partial charge in [-0.1, -0.05) is 19.8 Å². The first-order chi connectivity index (χ1) is 8.19. The number of hydrogen-bond acceptors (Lipinski definition) is 4. The largest absolute Gasteiger partial charge is 0.468 e. The molecule has 1 aliphatic carbocycles. The van der Waals surface area contributed by atoms with E-state index >= 15 is 0 Å². The molecule has 0 heterocycles. The molecule has 0 bridgehead atoms. The maximum atomic E-state index is 11.8. The topological polar surface area (TPSA) is 47.6 Å². The first kappa shape index (κ1) is 14.5. The van der Waals surface area contributed by atoms with Gasteiger partial charge < -0.3 is 14.8 Å². The average molecular weight is 243 g/mol. The van der Waals surface area contributed by atoms with Gasteiger partial charge in [0.1, 0.15) is 6.04 Å². The molecule has 17 heavy (non-hydrogen) atoms. The second-order valence-corrected chi connectivity index (χ2v) is 4.97. The van der Waals surface area contributed by atoms with Crippen molar-refractivity contribution in [3.05, 3.63) is 0 Å². The minimum Gasteiger partial charge on any atom is -0.468 e. The summed E-state index contributed by atoms with van der Waals surface area (Å²) in [6.45, 7) is 3.60. The molecule has 1 N–H and O–H groups in total. The average Bonchev–Trinajstić information content (AvgIpc) is 2.35. The van der Waals surface area contributed by atoms with Gasteiger partial charge in [-0.2, -0.15) is 0 Å². The van der Waals surface area contributed by atoms with Crippen molar-refractivity contribution in [1.29, 1.82) is 0 Å². The van der Waals surface area contributed by atoms with Crippen molar-refractivity contribution in [2.24, 2.45) is 11.8 Å². The summed E-state index contributed by atoms with van der Waals surface area (Å²) >= 11 is 0. The molecule has 0 aromatic rings. The van der Waals surface area contributed by atoms with E-state index in [0.717, 1.165) is 18.8 Å². The van der Waals surface area contributed by atoms with Crippen molar-refractivity contribution in [3.8, 4) is 0 Å². The summed E-state index contributed by atoms with van der Waals surface area (Å²) < 4.78 is 9.88. The van der Waals surface area contributed by atoms with Crippen LogP contribution in [0, 0.1) is 11.8 Å². The fourth-order valence-corrected chi connectivity index (χ4v) is 2.51. The molecular weight excluding hydrogens is 218 g/mol. The lowest BCUT2D eigenvalue weighted by Crippen LogP contribution is -2.45. The van der Waals surface area contributed by atoms with Crippen LogP contribution in [0.1, 0.15) is 32.6 Å². The van der Waals surface area contributed by atoms with Crippen LogP contribution in [0.4, 0.5) is 0 Å². The number of nitrogens with one attached hydrogen (secondary N) is 1.